The molecule has 0 aliphatic carbocycles. The van der Waals surface area contributed by atoms with E-state index in [0.717, 1.165) is 16.8 Å². The number of nitrogens with zero attached hydrogens (tertiary/aromatic N) is 3. The molecule has 2 aliphatic rings. The van der Waals surface area contributed by atoms with E-state index < -0.39 is 21.7 Å². The number of amidine groups is 2. The molecular formula is C22H18N4O6S2. The van der Waals surface area contributed by atoms with Gasteiger partial charge in [-0.2, -0.15) is 10.0 Å². The Morgan fingerprint density at radius 2 is 1.91 bits per heavy atom. The zero-order valence-electron chi connectivity index (χ0n) is 18.0. The number of ether oxygens (including phenoxy) is 2. The summed E-state index contributed by atoms with van der Waals surface area (Å²) in [6.45, 7) is 1.48. The first-order valence-corrected chi connectivity index (χ1v) is 12.4. The molecule has 4 rings (SSSR count). The zero-order valence-corrected chi connectivity index (χ0v) is 19.6. The molecule has 2 aromatic rings. The number of thioether (sulfide) groups is 1. The number of nitrogens with one attached hydrogen (secondary N) is 1. The lowest BCUT2D eigenvalue weighted by atomic mass is 10.1. The summed E-state index contributed by atoms with van der Waals surface area (Å²) in [4.78, 5) is 28.7. The van der Waals surface area contributed by atoms with Gasteiger partial charge in [0.25, 0.3) is 5.91 Å². The fraction of sp³-hybridized carbons (Fsp3) is 0.136. The number of benzene rings is 2. The van der Waals surface area contributed by atoms with Crippen LogP contribution in [0.1, 0.15) is 22.8 Å². The first-order valence-electron chi connectivity index (χ1n) is 9.91. The van der Waals surface area contributed by atoms with Crippen LogP contribution in [0.2, 0.25) is 0 Å². The quantitative estimate of drug-likeness (QED) is 0.377. The second-order valence-electron chi connectivity index (χ2n) is 6.98. The van der Waals surface area contributed by atoms with E-state index in [1.807, 2.05) is 0 Å². The Morgan fingerprint density at radius 1 is 1.18 bits per heavy atom. The summed E-state index contributed by atoms with van der Waals surface area (Å²) in [5, 5.41) is 13.3. The van der Waals surface area contributed by atoms with Gasteiger partial charge in [0.05, 0.1) is 24.0 Å². The van der Waals surface area contributed by atoms with Crippen LogP contribution in [0.5, 0.6) is 11.5 Å². The van der Waals surface area contributed by atoms with Crippen LogP contribution in [0.4, 0.5) is 0 Å². The molecule has 2 heterocycles. The molecule has 2 aromatic carbocycles. The van der Waals surface area contributed by atoms with Crippen LogP contribution in [-0.4, -0.2) is 53.5 Å². The Morgan fingerprint density at radius 3 is 2.59 bits per heavy atom. The Kier molecular flexibility index (Phi) is 6.35. The van der Waals surface area contributed by atoms with Crippen LogP contribution >= 0.6 is 11.8 Å². The predicted molar refractivity (Wildman–Crippen MR) is 129 cm³/mol. The van der Waals surface area contributed by atoms with Crippen molar-refractivity contribution in [2.24, 2.45) is 10.1 Å². The number of rotatable bonds is 5. The van der Waals surface area contributed by atoms with Crippen molar-refractivity contribution >= 4 is 54.9 Å². The fourth-order valence-corrected chi connectivity index (χ4v) is 5.10. The minimum absolute atomic E-state index is 0.0268. The Balaban J connectivity index is 1.52. The third-order valence-corrected chi connectivity index (χ3v) is 7.88. The van der Waals surface area contributed by atoms with Gasteiger partial charge in [-0.3, -0.25) is 10.2 Å². The molecule has 0 saturated carbocycles. The highest BCUT2D eigenvalue weighted by Crippen LogP contribution is 2.30. The summed E-state index contributed by atoms with van der Waals surface area (Å²) in [5.74, 6) is -0.853. The van der Waals surface area contributed by atoms with Gasteiger partial charge in [-0.25, -0.2) is 13.2 Å². The molecule has 10 nitrogen and oxygen atoms in total. The summed E-state index contributed by atoms with van der Waals surface area (Å²) < 4.78 is 34.5. The fourth-order valence-electron chi connectivity index (χ4n) is 2.94. The predicted octanol–water partition coefficient (Wildman–Crippen LogP) is 2.93. The average Bonchev–Trinajstić information content (AvgIpc) is 3.28. The van der Waals surface area contributed by atoms with Gasteiger partial charge in [-0.15, -0.1) is 5.10 Å². The largest absolute Gasteiger partial charge is 0.497 e. The monoisotopic (exact) mass is 498 g/mol. The van der Waals surface area contributed by atoms with Gasteiger partial charge in [-0.05, 0) is 53.7 Å². The van der Waals surface area contributed by atoms with Crippen molar-refractivity contribution in [3.63, 3.8) is 0 Å². The first kappa shape index (κ1) is 23.4. The summed E-state index contributed by atoms with van der Waals surface area (Å²) in [5.41, 5.74) is 0.823. The molecule has 0 radical (unpaired) electrons. The number of hydrogen-bond acceptors (Lipinski definition) is 9. The lowest BCUT2D eigenvalue weighted by Gasteiger charge is -2.20. The van der Waals surface area contributed by atoms with Gasteiger partial charge >= 0.3 is 5.97 Å². The lowest BCUT2D eigenvalue weighted by Crippen LogP contribution is -2.35. The Bertz CT molecular complexity index is 1390. The van der Waals surface area contributed by atoms with Gasteiger partial charge in [0.1, 0.15) is 11.5 Å². The standard InChI is InChI=1S/C22H18N4O6S2/c1-3-34(29,30)22-25-26-18(23)17(19(27)24-21(26)33-22)11-13-7-9-15(10-8-13)32-20(28)14-5-4-6-16(12-14)31-2/h4-12,23H,3H2,1-2H3/b17-11-,23-18?. The number of fused-ring (bicyclic) bond motifs is 1. The highest BCUT2D eigenvalue weighted by atomic mass is 32.3. The summed E-state index contributed by atoms with van der Waals surface area (Å²) in [6.07, 6.45) is 1.44. The third-order valence-electron chi connectivity index (χ3n) is 4.79. The third kappa shape index (κ3) is 4.63. The first-order chi connectivity index (χ1) is 16.2. The van der Waals surface area contributed by atoms with E-state index in [2.05, 4.69) is 10.1 Å². The second kappa shape index (κ2) is 9.23. The molecule has 0 aromatic heterocycles. The molecule has 1 amide bonds. The van der Waals surface area contributed by atoms with E-state index in [0.29, 0.717) is 16.9 Å². The molecule has 0 bridgehead atoms. The molecular weight excluding hydrogens is 480 g/mol. The summed E-state index contributed by atoms with van der Waals surface area (Å²) in [6, 6.07) is 12.9. The number of hydrogen-bond donors (Lipinski definition) is 1. The number of aliphatic imine (C=N–C) groups is 1. The minimum Gasteiger partial charge on any atom is -0.497 e. The van der Waals surface area contributed by atoms with E-state index >= 15 is 0 Å². The van der Waals surface area contributed by atoms with Gasteiger partial charge in [0.2, 0.25) is 19.4 Å². The molecule has 174 valence electrons. The summed E-state index contributed by atoms with van der Waals surface area (Å²) in [7, 11) is -2.10. The average molecular weight is 499 g/mol. The minimum atomic E-state index is -3.60. The molecule has 0 unspecified atom stereocenters. The van der Waals surface area contributed by atoms with Crippen molar-refractivity contribution in [2.75, 3.05) is 12.9 Å². The molecule has 0 saturated heterocycles. The van der Waals surface area contributed by atoms with Crippen molar-refractivity contribution in [3.8, 4) is 11.5 Å². The van der Waals surface area contributed by atoms with Crippen molar-refractivity contribution in [1.29, 1.82) is 5.41 Å². The van der Waals surface area contributed by atoms with E-state index in [1.165, 1.54) is 20.1 Å². The van der Waals surface area contributed by atoms with Crippen LogP contribution < -0.4 is 9.47 Å². The van der Waals surface area contributed by atoms with Crippen molar-refractivity contribution in [3.05, 3.63) is 65.2 Å². The topological polar surface area (TPSA) is 139 Å². The number of carbonyl (C=O) groups is 2. The van der Waals surface area contributed by atoms with Crippen LogP contribution in [0, 0.1) is 5.41 Å². The van der Waals surface area contributed by atoms with Gasteiger partial charge in [0, 0.05) is 0 Å². The number of sulfone groups is 1. The van der Waals surface area contributed by atoms with Crippen LogP contribution in [0.25, 0.3) is 6.08 Å². The van der Waals surface area contributed by atoms with Crippen LogP contribution in [-0.2, 0) is 14.6 Å². The molecule has 2 aliphatic heterocycles. The number of esters is 1. The van der Waals surface area contributed by atoms with Crippen LogP contribution in [0.15, 0.2) is 64.2 Å². The van der Waals surface area contributed by atoms with Crippen molar-refractivity contribution < 1.29 is 27.5 Å². The number of carbonyl (C=O) groups excluding carboxylic acids is 2. The molecule has 0 spiro atoms. The molecule has 12 heteroatoms. The molecule has 34 heavy (non-hydrogen) atoms. The van der Waals surface area contributed by atoms with Gasteiger partial charge in [-0.1, -0.05) is 25.1 Å². The second-order valence-corrected chi connectivity index (χ2v) is 10.4. The normalized spacial score (nSPS) is 16.8. The van der Waals surface area contributed by atoms with E-state index in [1.54, 1.807) is 48.5 Å². The van der Waals surface area contributed by atoms with Gasteiger partial charge in [0.15, 0.2) is 5.84 Å². The Hall–Kier alpha value is -3.77. The number of methoxy groups -OCH3 is 1. The summed E-state index contributed by atoms with van der Waals surface area (Å²) >= 11 is 0.743. The van der Waals surface area contributed by atoms with E-state index in [-0.39, 0.29) is 32.5 Å². The zero-order chi connectivity index (χ0) is 24.5. The maximum absolute atomic E-state index is 12.5. The highest BCUT2D eigenvalue weighted by Gasteiger charge is 2.39. The SMILES string of the molecule is CCS(=O)(=O)C1=NN2C(=N)/C(=C/c3ccc(OC(=O)c4cccc(OC)c4)cc3)C(=O)N=C2S1. The molecule has 1 N–H and O–H groups in total. The molecule has 0 fully saturated rings. The van der Waals surface area contributed by atoms with Crippen molar-refractivity contribution in [2.45, 2.75) is 6.92 Å². The maximum atomic E-state index is 12.5. The van der Waals surface area contributed by atoms with Crippen molar-refractivity contribution in [1.82, 2.24) is 5.01 Å². The van der Waals surface area contributed by atoms with E-state index in [9.17, 15) is 18.0 Å². The molecule has 0 atom stereocenters. The maximum Gasteiger partial charge on any atom is 0.343 e. The highest BCUT2D eigenvalue weighted by molar-refractivity contribution is 8.42. The smallest absolute Gasteiger partial charge is 0.343 e. The van der Waals surface area contributed by atoms with E-state index in [4.69, 9.17) is 14.9 Å². The lowest BCUT2D eigenvalue weighted by molar-refractivity contribution is -0.114. The number of hydrazone groups is 1. The van der Waals surface area contributed by atoms with Gasteiger partial charge < -0.3 is 9.47 Å². The number of amides is 1. The Labute approximate surface area is 199 Å². The van der Waals surface area contributed by atoms with Crippen LogP contribution in [0.3, 0.4) is 0 Å².